The SMILES string of the molecule is Cc1ccccc1Cn1c(=O)c(C(=O)N2CCCC2)nn(-c2ccc(C(C)C)cc2)c1=O. The van der Waals surface area contributed by atoms with Gasteiger partial charge in [-0.05, 0) is 54.5 Å². The van der Waals surface area contributed by atoms with Crippen molar-refractivity contribution in [2.24, 2.45) is 0 Å². The summed E-state index contributed by atoms with van der Waals surface area (Å²) in [4.78, 5) is 41.4. The maximum absolute atomic E-state index is 13.4. The second-order valence-electron chi connectivity index (χ2n) is 8.61. The zero-order valence-corrected chi connectivity index (χ0v) is 18.7. The second-order valence-corrected chi connectivity index (χ2v) is 8.61. The van der Waals surface area contributed by atoms with E-state index in [1.807, 2.05) is 43.3 Å². The minimum absolute atomic E-state index is 0.0806. The van der Waals surface area contributed by atoms with Crippen LogP contribution in [0.4, 0.5) is 0 Å². The third-order valence-corrected chi connectivity index (χ3v) is 6.05. The molecular weight excluding hydrogens is 404 g/mol. The van der Waals surface area contributed by atoms with Gasteiger partial charge in [-0.3, -0.25) is 14.2 Å². The van der Waals surface area contributed by atoms with E-state index in [0.29, 0.717) is 24.7 Å². The number of rotatable bonds is 5. The Morgan fingerprint density at radius 3 is 2.28 bits per heavy atom. The maximum Gasteiger partial charge on any atom is 0.352 e. The van der Waals surface area contributed by atoms with E-state index in [1.54, 1.807) is 17.0 Å². The summed E-state index contributed by atoms with van der Waals surface area (Å²) in [5, 5.41) is 4.27. The molecule has 3 aromatic rings. The Morgan fingerprint density at radius 2 is 1.66 bits per heavy atom. The molecular formula is C25H28N4O3. The Balaban J connectivity index is 1.88. The first-order chi connectivity index (χ1) is 15.4. The molecule has 0 spiro atoms. The Hall–Kier alpha value is -3.48. The summed E-state index contributed by atoms with van der Waals surface area (Å²) in [6.07, 6.45) is 1.80. The Bertz CT molecular complexity index is 1250. The summed E-state index contributed by atoms with van der Waals surface area (Å²) in [5.41, 5.74) is 2.04. The van der Waals surface area contributed by atoms with Gasteiger partial charge in [0.2, 0.25) is 5.69 Å². The van der Waals surface area contributed by atoms with Crippen LogP contribution in [0.5, 0.6) is 0 Å². The van der Waals surface area contributed by atoms with Crippen LogP contribution in [0.1, 0.15) is 59.8 Å². The van der Waals surface area contributed by atoms with Crippen molar-refractivity contribution >= 4 is 5.91 Å². The molecule has 7 heteroatoms. The van der Waals surface area contributed by atoms with E-state index < -0.39 is 17.2 Å². The van der Waals surface area contributed by atoms with E-state index in [9.17, 15) is 14.4 Å². The number of aromatic nitrogens is 3. The lowest BCUT2D eigenvalue weighted by Crippen LogP contribution is -2.46. The molecule has 32 heavy (non-hydrogen) atoms. The summed E-state index contributed by atoms with van der Waals surface area (Å²) < 4.78 is 2.29. The molecule has 1 aliphatic heterocycles. The smallest absolute Gasteiger partial charge is 0.337 e. The molecule has 7 nitrogen and oxygen atoms in total. The lowest BCUT2D eigenvalue weighted by Gasteiger charge is -2.17. The van der Waals surface area contributed by atoms with Crippen LogP contribution in [-0.4, -0.2) is 38.2 Å². The summed E-state index contributed by atoms with van der Waals surface area (Å²) in [7, 11) is 0. The molecule has 1 aromatic heterocycles. The lowest BCUT2D eigenvalue weighted by molar-refractivity contribution is 0.0781. The van der Waals surface area contributed by atoms with Crippen LogP contribution in [0, 0.1) is 6.92 Å². The topological polar surface area (TPSA) is 77.2 Å². The first-order valence-corrected chi connectivity index (χ1v) is 11.0. The molecule has 0 aliphatic carbocycles. The molecule has 1 amide bonds. The van der Waals surface area contributed by atoms with E-state index in [2.05, 4.69) is 18.9 Å². The number of hydrogen-bond donors (Lipinski definition) is 0. The number of hydrogen-bond acceptors (Lipinski definition) is 4. The van der Waals surface area contributed by atoms with Gasteiger partial charge in [0.15, 0.2) is 0 Å². The van der Waals surface area contributed by atoms with Gasteiger partial charge in [-0.15, -0.1) is 0 Å². The fourth-order valence-electron chi connectivity index (χ4n) is 3.98. The van der Waals surface area contributed by atoms with Crippen molar-refractivity contribution in [2.45, 2.75) is 46.1 Å². The quantitative estimate of drug-likeness (QED) is 0.621. The fraction of sp³-hybridized carbons (Fsp3) is 0.360. The van der Waals surface area contributed by atoms with Crippen molar-refractivity contribution in [1.29, 1.82) is 0 Å². The molecule has 2 aromatic carbocycles. The number of carbonyl (C=O) groups excluding carboxylic acids is 1. The van der Waals surface area contributed by atoms with Crippen LogP contribution in [0.2, 0.25) is 0 Å². The molecule has 0 atom stereocenters. The standard InChI is InChI=1S/C25H28N4O3/c1-17(2)19-10-12-21(13-11-19)29-25(32)28(16-20-9-5-4-8-18(20)3)24(31)22(26-29)23(30)27-14-6-7-15-27/h4-5,8-13,17H,6-7,14-16H2,1-3H3. The molecule has 166 valence electrons. The monoisotopic (exact) mass is 432 g/mol. The number of nitrogens with zero attached hydrogens (tertiary/aromatic N) is 4. The zero-order chi connectivity index (χ0) is 22.8. The molecule has 1 aliphatic rings. The van der Waals surface area contributed by atoms with Crippen molar-refractivity contribution in [1.82, 2.24) is 19.2 Å². The number of amides is 1. The van der Waals surface area contributed by atoms with Crippen LogP contribution in [0.15, 0.2) is 58.1 Å². The Kier molecular flexibility index (Phi) is 6.08. The number of aryl methyl sites for hydroxylation is 1. The highest BCUT2D eigenvalue weighted by Gasteiger charge is 2.26. The number of carbonyl (C=O) groups is 1. The second kappa shape index (κ2) is 8.94. The molecule has 1 saturated heterocycles. The summed E-state index contributed by atoms with van der Waals surface area (Å²) in [5.74, 6) is -0.0744. The Morgan fingerprint density at radius 1 is 1.00 bits per heavy atom. The number of likely N-dealkylation sites (tertiary alicyclic amines) is 1. The highest BCUT2D eigenvalue weighted by atomic mass is 16.2. The van der Waals surface area contributed by atoms with Crippen molar-refractivity contribution in [2.75, 3.05) is 13.1 Å². The molecule has 0 radical (unpaired) electrons. The fourth-order valence-corrected chi connectivity index (χ4v) is 3.98. The van der Waals surface area contributed by atoms with Gasteiger partial charge in [-0.2, -0.15) is 9.78 Å². The predicted molar refractivity (Wildman–Crippen MR) is 124 cm³/mol. The molecule has 4 rings (SSSR count). The highest BCUT2D eigenvalue weighted by Crippen LogP contribution is 2.16. The lowest BCUT2D eigenvalue weighted by atomic mass is 10.0. The van der Waals surface area contributed by atoms with Gasteiger partial charge in [-0.1, -0.05) is 50.2 Å². The van der Waals surface area contributed by atoms with Crippen molar-refractivity contribution in [3.8, 4) is 5.69 Å². The maximum atomic E-state index is 13.4. The highest BCUT2D eigenvalue weighted by molar-refractivity contribution is 5.92. The van der Waals surface area contributed by atoms with E-state index in [0.717, 1.165) is 34.1 Å². The van der Waals surface area contributed by atoms with E-state index >= 15 is 0 Å². The predicted octanol–water partition coefficient (Wildman–Crippen LogP) is 3.11. The average Bonchev–Trinajstić information content (AvgIpc) is 3.33. The first-order valence-electron chi connectivity index (χ1n) is 11.0. The van der Waals surface area contributed by atoms with E-state index in [-0.39, 0.29) is 12.2 Å². The van der Waals surface area contributed by atoms with Crippen molar-refractivity contribution in [3.05, 3.63) is 91.8 Å². The van der Waals surface area contributed by atoms with Crippen molar-refractivity contribution in [3.63, 3.8) is 0 Å². The molecule has 0 saturated carbocycles. The van der Waals surface area contributed by atoms with Gasteiger partial charge in [0.05, 0.1) is 12.2 Å². The van der Waals surface area contributed by atoms with Gasteiger partial charge in [-0.25, -0.2) is 4.79 Å². The van der Waals surface area contributed by atoms with Crippen molar-refractivity contribution < 1.29 is 4.79 Å². The summed E-state index contributed by atoms with van der Waals surface area (Å²) in [6, 6.07) is 15.1. The molecule has 0 unspecified atom stereocenters. The van der Waals surface area contributed by atoms with Gasteiger partial charge in [0.1, 0.15) is 0 Å². The van der Waals surface area contributed by atoms with Crippen LogP contribution >= 0.6 is 0 Å². The molecule has 0 N–H and O–H groups in total. The van der Waals surface area contributed by atoms with Crippen LogP contribution in [-0.2, 0) is 6.54 Å². The molecule has 2 heterocycles. The average molecular weight is 433 g/mol. The summed E-state index contributed by atoms with van der Waals surface area (Å²) in [6.45, 7) is 7.39. The Labute approximate surface area is 186 Å². The van der Waals surface area contributed by atoms with E-state index in [1.165, 1.54) is 4.68 Å². The van der Waals surface area contributed by atoms with Gasteiger partial charge < -0.3 is 4.90 Å². The van der Waals surface area contributed by atoms with Gasteiger partial charge >= 0.3 is 5.69 Å². The third-order valence-electron chi connectivity index (χ3n) is 6.05. The van der Waals surface area contributed by atoms with E-state index in [4.69, 9.17) is 0 Å². The summed E-state index contributed by atoms with van der Waals surface area (Å²) >= 11 is 0. The van der Waals surface area contributed by atoms with Crippen LogP contribution in [0.25, 0.3) is 5.69 Å². The minimum atomic E-state index is -0.648. The normalized spacial score (nSPS) is 13.7. The van der Waals surface area contributed by atoms with Crippen LogP contribution in [0.3, 0.4) is 0 Å². The largest absolute Gasteiger partial charge is 0.352 e. The van der Waals surface area contributed by atoms with Gasteiger partial charge in [0, 0.05) is 13.1 Å². The molecule has 1 fully saturated rings. The first kappa shape index (κ1) is 21.7. The zero-order valence-electron chi connectivity index (χ0n) is 18.7. The number of benzene rings is 2. The van der Waals surface area contributed by atoms with Gasteiger partial charge in [0.25, 0.3) is 11.5 Å². The van der Waals surface area contributed by atoms with Crippen LogP contribution < -0.4 is 11.2 Å². The minimum Gasteiger partial charge on any atom is -0.337 e. The third kappa shape index (κ3) is 4.15. The molecule has 0 bridgehead atoms.